The summed E-state index contributed by atoms with van der Waals surface area (Å²) in [5.41, 5.74) is 2.76. The minimum atomic E-state index is -0.225. The highest BCUT2D eigenvalue weighted by Crippen LogP contribution is 2.19. The van der Waals surface area contributed by atoms with Crippen LogP contribution in [0.5, 0.6) is 0 Å². The van der Waals surface area contributed by atoms with E-state index < -0.39 is 0 Å². The highest BCUT2D eigenvalue weighted by Gasteiger charge is 2.25. The number of furan rings is 1. The smallest absolute Gasteiger partial charge is 0.289 e. The summed E-state index contributed by atoms with van der Waals surface area (Å²) in [5, 5.41) is 2.90. The molecule has 1 aliphatic rings. The summed E-state index contributed by atoms with van der Waals surface area (Å²) in [6, 6.07) is 9.16. The van der Waals surface area contributed by atoms with Gasteiger partial charge in [-0.1, -0.05) is 18.2 Å². The predicted molar refractivity (Wildman–Crippen MR) is 113 cm³/mol. The second kappa shape index (κ2) is 9.58. The van der Waals surface area contributed by atoms with Crippen molar-refractivity contribution in [2.75, 3.05) is 51.6 Å². The zero-order valence-electron chi connectivity index (χ0n) is 17.7. The molecule has 30 heavy (non-hydrogen) atoms. The van der Waals surface area contributed by atoms with Crippen LogP contribution in [-0.4, -0.2) is 78.7 Å². The van der Waals surface area contributed by atoms with Crippen molar-refractivity contribution in [1.82, 2.24) is 14.7 Å². The van der Waals surface area contributed by atoms with E-state index in [1.54, 1.807) is 24.1 Å². The summed E-state index contributed by atoms with van der Waals surface area (Å²) >= 11 is 0. The first-order valence-electron chi connectivity index (χ1n) is 10.0. The van der Waals surface area contributed by atoms with E-state index in [-0.39, 0.29) is 30.8 Å². The minimum Gasteiger partial charge on any atom is -0.459 e. The molecule has 0 bridgehead atoms. The van der Waals surface area contributed by atoms with Gasteiger partial charge in [-0.25, -0.2) is 0 Å². The van der Waals surface area contributed by atoms with Crippen molar-refractivity contribution in [2.24, 2.45) is 0 Å². The molecule has 8 nitrogen and oxygen atoms in total. The molecule has 0 spiro atoms. The zero-order valence-corrected chi connectivity index (χ0v) is 17.7. The Labute approximate surface area is 176 Å². The SMILES string of the molecule is Cc1cccc(C)c1NC(=O)CN(C)C(=O)CN1CCN(C(=O)c2ccco2)CC1. The van der Waals surface area contributed by atoms with E-state index in [1.165, 1.54) is 11.2 Å². The molecule has 2 aromatic rings. The average Bonchev–Trinajstić information content (AvgIpc) is 3.25. The second-order valence-electron chi connectivity index (χ2n) is 7.61. The summed E-state index contributed by atoms with van der Waals surface area (Å²) in [6.07, 6.45) is 1.48. The number of piperazine rings is 1. The van der Waals surface area contributed by atoms with Crippen LogP contribution in [-0.2, 0) is 9.59 Å². The van der Waals surface area contributed by atoms with E-state index in [9.17, 15) is 14.4 Å². The number of hydrogen-bond donors (Lipinski definition) is 1. The Morgan fingerprint density at radius 3 is 2.30 bits per heavy atom. The van der Waals surface area contributed by atoms with E-state index in [0.29, 0.717) is 31.9 Å². The Kier molecular flexibility index (Phi) is 6.89. The predicted octanol–water partition coefficient (Wildman–Crippen LogP) is 1.75. The summed E-state index contributed by atoms with van der Waals surface area (Å²) in [6.45, 7) is 6.34. The van der Waals surface area contributed by atoms with Gasteiger partial charge in [-0.2, -0.15) is 0 Å². The number of nitrogens with zero attached hydrogens (tertiary/aromatic N) is 3. The lowest BCUT2D eigenvalue weighted by molar-refractivity contribution is -0.134. The fourth-order valence-corrected chi connectivity index (χ4v) is 3.47. The van der Waals surface area contributed by atoms with Crippen LogP contribution in [0.15, 0.2) is 41.0 Å². The number of carbonyl (C=O) groups excluding carboxylic acids is 3. The Morgan fingerprint density at radius 2 is 1.70 bits per heavy atom. The maximum atomic E-state index is 12.5. The fourth-order valence-electron chi connectivity index (χ4n) is 3.47. The molecule has 1 N–H and O–H groups in total. The molecule has 8 heteroatoms. The molecule has 0 unspecified atom stereocenters. The van der Waals surface area contributed by atoms with Gasteiger partial charge in [0.2, 0.25) is 11.8 Å². The average molecular weight is 412 g/mol. The van der Waals surface area contributed by atoms with E-state index in [2.05, 4.69) is 5.32 Å². The molecule has 1 aliphatic heterocycles. The van der Waals surface area contributed by atoms with Gasteiger partial charge in [0, 0.05) is 38.9 Å². The number of benzene rings is 1. The molecule has 0 atom stereocenters. The lowest BCUT2D eigenvalue weighted by Crippen LogP contribution is -2.51. The first kappa shape index (κ1) is 21.6. The lowest BCUT2D eigenvalue weighted by Gasteiger charge is -2.34. The molecule has 3 amide bonds. The van der Waals surface area contributed by atoms with Gasteiger partial charge in [-0.15, -0.1) is 0 Å². The number of rotatable bonds is 6. The Morgan fingerprint density at radius 1 is 1.03 bits per heavy atom. The number of anilines is 1. The van der Waals surface area contributed by atoms with Crippen LogP contribution in [0.2, 0.25) is 0 Å². The van der Waals surface area contributed by atoms with E-state index in [1.807, 2.05) is 36.9 Å². The van der Waals surface area contributed by atoms with Crippen LogP contribution in [0, 0.1) is 13.8 Å². The third-order valence-electron chi connectivity index (χ3n) is 5.30. The van der Waals surface area contributed by atoms with E-state index >= 15 is 0 Å². The maximum absolute atomic E-state index is 12.5. The van der Waals surface area contributed by atoms with Gasteiger partial charge < -0.3 is 19.5 Å². The molecule has 2 heterocycles. The normalized spacial score (nSPS) is 14.4. The third-order valence-corrected chi connectivity index (χ3v) is 5.30. The zero-order chi connectivity index (χ0) is 21.7. The van der Waals surface area contributed by atoms with Gasteiger partial charge in [0.15, 0.2) is 5.76 Å². The second-order valence-corrected chi connectivity index (χ2v) is 7.61. The summed E-state index contributed by atoms with van der Waals surface area (Å²) in [7, 11) is 1.63. The third kappa shape index (κ3) is 5.27. The Bertz CT molecular complexity index is 882. The van der Waals surface area contributed by atoms with Crippen LogP contribution >= 0.6 is 0 Å². The van der Waals surface area contributed by atoms with Crippen molar-refractivity contribution in [2.45, 2.75) is 13.8 Å². The number of carbonyl (C=O) groups is 3. The van der Waals surface area contributed by atoms with Crippen LogP contribution < -0.4 is 5.32 Å². The number of para-hydroxylation sites is 1. The molecule has 1 aromatic heterocycles. The highest BCUT2D eigenvalue weighted by atomic mass is 16.3. The molecular formula is C22H28N4O4. The monoisotopic (exact) mass is 412 g/mol. The summed E-state index contributed by atoms with van der Waals surface area (Å²) in [5.74, 6) is -0.157. The van der Waals surface area contributed by atoms with E-state index in [0.717, 1.165) is 16.8 Å². The first-order valence-corrected chi connectivity index (χ1v) is 10.0. The molecule has 1 aromatic carbocycles. The number of likely N-dealkylation sites (N-methyl/N-ethyl adjacent to an activating group) is 1. The first-order chi connectivity index (χ1) is 14.3. The summed E-state index contributed by atoms with van der Waals surface area (Å²) < 4.78 is 5.16. The van der Waals surface area contributed by atoms with Crippen molar-refractivity contribution in [3.63, 3.8) is 0 Å². The molecule has 1 saturated heterocycles. The molecule has 160 valence electrons. The van der Waals surface area contributed by atoms with Gasteiger partial charge in [0.1, 0.15) is 0 Å². The highest BCUT2D eigenvalue weighted by molar-refractivity contribution is 5.96. The lowest BCUT2D eigenvalue weighted by atomic mass is 10.1. The molecule has 3 rings (SSSR count). The van der Waals surface area contributed by atoms with Crippen molar-refractivity contribution in [3.05, 3.63) is 53.5 Å². The standard InChI is InChI=1S/C22H28N4O4/c1-16-6-4-7-17(2)21(16)23-19(27)14-24(3)20(28)15-25-9-11-26(12-10-25)22(29)18-8-5-13-30-18/h4-8,13H,9-12,14-15H2,1-3H3,(H,23,27). The molecule has 1 fully saturated rings. The van der Waals surface area contributed by atoms with Crippen LogP contribution in [0.3, 0.4) is 0 Å². The van der Waals surface area contributed by atoms with Crippen molar-refractivity contribution in [1.29, 1.82) is 0 Å². The number of hydrogen-bond acceptors (Lipinski definition) is 5. The Balaban J connectivity index is 1.44. The minimum absolute atomic E-state index is 0.0104. The van der Waals surface area contributed by atoms with Gasteiger partial charge in [-0.3, -0.25) is 19.3 Å². The van der Waals surface area contributed by atoms with Crippen LogP contribution in [0.1, 0.15) is 21.7 Å². The van der Waals surface area contributed by atoms with Crippen LogP contribution in [0.25, 0.3) is 0 Å². The van der Waals surface area contributed by atoms with Crippen LogP contribution in [0.4, 0.5) is 5.69 Å². The fraction of sp³-hybridized carbons (Fsp3) is 0.409. The van der Waals surface area contributed by atoms with Crippen molar-refractivity contribution in [3.8, 4) is 0 Å². The number of aryl methyl sites for hydroxylation is 2. The maximum Gasteiger partial charge on any atom is 0.289 e. The van der Waals surface area contributed by atoms with Gasteiger partial charge >= 0.3 is 0 Å². The van der Waals surface area contributed by atoms with Gasteiger partial charge in [0.05, 0.1) is 19.4 Å². The van der Waals surface area contributed by atoms with Crippen molar-refractivity contribution >= 4 is 23.4 Å². The largest absolute Gasteiger partial charge is 0.459 e. The quantitative estimate of drug-likeness (QED) is 0.781. The summed E-state index contributed by atoms with van der Waals surface area (Å²) in [4.78, 5) is 42.4. The van der Waals surface area contributed by atoms with Gasteiger partial charge in [0.25, 0.3) is 5.91 Å². The Hall–Kier alpha value is -3.13. The molecular weight excluding hydrogens is 384 g/mol. The topological polar surface area (TPSA) is 86.1 Å². The molecule has 0 radical (unpaired) electrons. The molecule has 0 aliphatic carbocycles. The number of amides is 3. The van der Waals surface area contributed by atoms with Gasteiger partial charge in [-0.05, 0) is 37.1 Å². The van der Waals surface area contributed by atoms with Crippen molar-refractivity contribution < 1.29 is 18.8 Å². The number of nitrogens with one attached hydrogen (secondary N) is 1. The molecule has 0 saturated carbocycles. The van der Waals surface area contributed by atoms with E-state index in [4.69, 9.17) is 4.42 Å².